The number of aryl methyl sites for hydroxylation is 1. The van der Waals surface area contributed by atoms with Crippen LogP contribution in [0.2, 0.25) is 0 Å². The number of ketones is 1. The number of carbonyl (C=O) groups is 1. The van der Waals surface area contributed by atoms with Gasteiger partial charge in [0.05, 0.1) is 23.0 Å². The molecule has 0 spiro atoms. The highest BCUT2D eigenvalue weighted by molar-refractivity contribution is 5.92. The highest BCUT2D eigenvalue weighted by Crippen LogP contribution is 2.34. The van der Waals surface area contributed by atoms with Crippen LogP contribution in [0.3, 0.4) is 0 Å². The zero-order valence-corrected chi connectivity index (χ0v) is 10.5. The standard InChI is InChI=1S/C14H17N3O/c1-2-17-11-6-4-3-5-10(11)16-13(17)9-12(18)14(15)7-8-14/h3-6H,2,7-9,15H2,1H3. The molecule has 0 saturated heterocycles. The zero-order chi connectivity index (χ0) is 12.8. The van der Waals surface area contributed by atoms with E-state index in [-0.39, 0.29) is 5.78 Å². The first-order valence-electron chi connectivity index (χ1n) is 6.40. The van der Waals surface area contributed by atoms with Crippen LogP contribution in [-0.2, 0) is 17.8 Å². The third-order valence-electron chi connectivity index (χ3n) is 3.71. The molecule has 3 rings (SSSR count). The SMILES string of the molecule is CCn1c(CC(=O)C2(N)CC2)nc2ccccc21. The topological polar surface area (TPSA) is 60.9 Å². The molecule has 18 heavy (non-hydrogen) atoms. The van der Waals surface area contributed by atoms with Crippen molar-refractivity contribution in [1.82, 2.24) is 9.55 Å². The first-order chi connectivity index (χ1) is 8.64. The molecule has 1 saturated carbocycles. The van der Waals surface area contributed by atoms with Crippen LogP contribution in [0.25, 0.3) is 11.0 Å². The van der Waals surface area contributed by atoms with Gasteiger partial charge in [-0.3, -0.25) is 4.79 Å². The number of imidazole rings is 1. The Balaban J connectivity index is 1.98. The van der Waals surface area contributed by atoms with Gasteiger partial charge in [-0.05, 0) is 31.9 Å². The van der Waals surface area contributed by atoms with Crippen molar-refractivity contribution < 1.29 is 4.79 Å². The lowest BCUT2D eigenvalue weighted by atomic mass is 10.1. The molecule has 0 amide bonds. The van der Waals surface area contributed by atoms with Crippen LogP contribution >= 0.6 is 0 Å². The van der Waals surface area contributed by atoms with Gasteiger partial charge in [-0.25, -0.2) is 4.98 Å². The van der Waals surface area contributed by atoms with E-state index in [4.69, 9.17) is 5.73 Å². The van der Waals surface area contributed by atoms with Gasteiger partial charge in [-0.2, -0.15) is 0 Å². The van der Waals surface area contributed by atoms with Crippen molar-refractivity contribution in [3.8, 4) is 0 Å². The highest BCUT2D eigenvalue weighted by Gasteiger charge is 2.45. The molecular weight excluding hydrogens is 226 g/mol. The Hall–Kier alpha value is -1.68. The number of fused-ring (bicyclic) bond motifs is 1. The van der Waals surface area contributed by atoms with E-state index in [1.165, 1.54) is 0 Å². The van der Waals surface area contributed by atoms with E-state index in [2.05, 4.69) is 16.5 Å². The molecule has 1 aromatic carbocycles. The van der Waals surface area contributed by atoms with Crippen LogP contribution in [0.5, 0.6) is 0 Å². The van der Waals surface area contributed by atoms with Crippen molar-refractivity contribution >= 4 is 16.8 Å². The first-order valence-corrected chi connectivity index (χ1v) is 6.40. The number of aromatic nitrogens is 2. The van der Waals surface area contributed by atoms with E-state index in [1.807, 2.05) is 24.3 Å². The van der Waals surface area contributed by atoms with Gasteiger partial charge < -0.3 is 10.3 Å². The van der Waals surface area contributed by atoms with Crippen LogP contribution in [0.4, 0.5) is 0 Å². The highest BCUT2D eigenvalue weighted by atomic mass is 16.1. The Labute approximate surface area is 106 Å². The van der Waals surface area contributed by atoms with Crippen LogP contribution in [0.1, 0.15) is 25.6 Å². The molecule has 2 N–H and O–H groups in total. The fourth-order valence-electron chi connectivity index (χ4n) is 2.35. The molecule has 0 radical (unpaired) electrons. The molecular formula is C14H17N3O. The monoisotopic (exact) mass is 243 g/mol. The van der Waals surface area contributed by atoms with E-state index in [0.29, 0.717) is 6.42 Å². The number of hydrogen-bond acceptors (Lipinski definition) is 3. The fourth-order valence-corrected chi connectivity index (χ4v) is 2.35. The summed E-state index contributed by atoms with van der Waals surface area (Å²) in [6.07, 6.45) is 1.98. The number of carbonyl (C=O) groups excluding carboxylic acids is 1. The summed E-state index contributed by atoms with van der Waals surface area (Å²) in [4.78, 5) is 16.6. The van der Waals surface area contributed by atoms with Gasteiger partial charge in [-0.15, -0.1) is 0 Å². The predicted molar refractivity (Wildman–Crippen MR) is 70.3 cm³/mol. The second-order valence-electron chi connectivity index (χ2n) is 5.02. The molecule has 1 aromatic heterocycles. The van der Waals surface area contributed by atoms with E-state index in [0.717, 1.165) is 36.2 Å². The lowest BCUT2D eigenvalue weighted by Gasteiger charge is -2.08. The van der Waals surface area contributed by atoms with Gasteiger partial charge >= 0.3 is 0 Å². The zero-order valence-electron chi connectivity index (χ0n) is 10.5. The summed E-state index contributed by atoms with van der Waals surface area (Å²) in [5.74, 6) is 0.952. The summed E-state index contributed by atoms with van der Waals surface area (Å²) in [5, 5.41) is 0. The third kappa shape index (κ3) is 1.73. The molecule has 1 heterocycles. The minimum atomic E-state index is -0.559. The van der Waals surface area contributed by atoms with E-state index >= 15 is 0 Å². The summed E-state index contributed by atoms with van der Waals surface area (Å²) in [7, 11) is 0. The van der Waals surface area contributed by atoms with Crippen molar-refractivity contribution in [3.63, 3.8) is 0 Å². The average molecular weight is 243 g/mol. The van der Waals surface area contributed by atoms with Crippen LogP contribution in [-0.4, -0.2) is 20.9 Å². The number of rotatable bonds is 4. The lowest BCUT2D eigenvalue weighted by Crippen LogP contribution is -2.34. The molecule has 94 valence electrons. The molecule has 0 bridgehead atoms. The van der Waals surface area contributed by atoms with Crippen LogP contribution in [0, 0.1) is 0 Å². The second-order valence-corrected chi connectivity index (χ2v) is 5.02. The number of nitrogens with zero attached hydrogens (tertiary/aromatic N) is 2. The van der Waals surface area contributed by atoms with Gasteiger partial charge in [0.1, 0.15) is 5.82 Å². The number of nitrogens with two attached hydrogens (primary N) is 1. The third-order valence-corrected chi connectivity index (χ3v) is 3.71. The van der Waals surface area contributed by atoms with Gasteiger partial charge in [0.25, 0.3) is 0 Å². The average Bonchev–Trinajstić information content (AvgIpc) is 3.02. The van der Waals surface area contributed by atoms with E-state index < -0.39 is 5.54 Å². The van der Waals surface area contributed by atoms with Crippen molar-refractivity contribution in [2.75, 3.05) is 0 Å². The Morgan fingerprint density at radius 1 is 1.44 bits per heavy atom. The Bertz CT molecular complexity index is 611. The largest absolute Gasteiger partial charge is 0.328 e. The summed E-state index contributed by atoms with van der Waals surface area (Å²) in [5.41, 5.74) is 7.41. The van der Waals surface area contributed by atoms with Gasteiger partial charge in [0, 0.05) is 6.54 Å². The number of benzene rings is 1. The first kappa shape index (κ1) is 11.4. The summed E-state index contributed by atoms with van der Waals surface area (Å²) >= 11 is 0. The fraction of sp³-hybridized carbons (Fsp3) is 0.429. The predicted octanol–water partition coefficient (Wildman–Crippen LogP) is 1.66. The van der Waals surface area contributed by atoms with Gasteiger partial charge in [0.15, 0.2) is 5.78 Å². The molecule has 2 aromatic rings. The lowest BCUT2D eigenvalue weighted by molar-refractivity contribution is -0.120. The number of Topliss-reactive ketones (excluding diaryl/α,β-unsaturated/α-hetero) is 1. The molecule has 1 fully saturated rings. The van der Waals surface area contributed by atoms with Gasteiger partial charge in [-0.1, -0.05) is 12.1 Å². The molecule has 4 nitrogen and oxygen atoms in total. The smallest absolute Gasteiger partial charge is 0.160 e. The minimum Gasteiger partial charge on any atom is -0.328 e. The van der Waals surface area contributed by atoms with Gasteiger partial charge in [0.2, 0.25) is 0 Å². The van der Waals surface area contributed by atoms with Crippen LogP contribution < -0.4 is 5.73 Å². The maximum absolute atomic E-state index is 12.1. The minimum absolute atomic E-state index is 0.118. The molecule has 0 aliphatic heterocycles. The number of para-hydroxylation sites is 2. The van der Waals surface area contributed by atoms with Crippen molar-refractivity contribution in [1.29, 1.82) is 0 Å². The number of hydrogen-bond donors (Lipinski definition) is 1. The molecule has 1 aliphatic carbocycles. The molecule has 1 aliphatic rings. The summed E-state index contributed by atoms with van der Waals surface area (Å²) < 4.78 is 2.10. The maximum Gasteiger partial charge on any atom is 0.160 e. The quantitative estimate of drug-likeness (QED) is 0.888. The normalized spacial score (nSPS) is 17.0. The van der Waals surface area contributed by atoms with E-state index in [1.54, 1.807) is 0 Å². The molecule has 0 unspecified atom stereocenters. The second kappa shape index (κ2) is 3.92. The maximum atomic E-state index is 12.1. The Morgan fingerprint density at radius 2 is 2.17 bits per heavy atom. The Kier molecular flexibility index (Phi) is 2.48. The van der Waals surface area contributed by atoms with Crippen molar-refractivity contribution in [3.05, 3.63) is 30.1 Å². The Morgan fingerprint density at radius 3 is 2.83 bits per heavy atom. The molecule has 0 atom stereocenters. The summed E-state index contributed by atoms with van der Waals surface area (Å²) in [6.45, 7) is 2.89. The van der Waals surface area contributed by atoms with Crippen molar-refractivity contribution in [2.45, 2.75) is 38.3 Å². The molecule has 4 heteroatoms. The van der Waals surface area contributed by atoms with Crippen LogP contribution in [0.15, 0.2) is 24.3 Å². The summed E-state index contributed by atoms with van der Waals surface area (Å²) in [6, 6.07) is 7.97. The van der Waals surface area contributed by atoms with E-state index in [9.17, 15) is 4.79 Å². The van der Waals surface area contributed by atoms with Crippen molar-refractivity contribution in [2.24, 2.45) is 5.73 Å².